The van der Waals surface area contributed by atoms with E-state index in [1.165, 1.54) is 49.7 Å². The van der Waals surface area contributed by atoms with Crippen molar-refractivity contribution in [1.29, 1.82) is 0 Å². The van der Waals surface area contributed by atoms with Crippen LogP contribution in [-0.2, 0) is 0 Å². The summed E-state index contributed by atoms with van der Waals surface area (Å²) in [4.78, 5) is 19.8. The summed E-state index contributed by atoms with van der Waals surface area (Å²) in [5.41, 5.74) is 10.2. The standard InChI is InChI=1S/C25H28N2OS.C14H22N2/c1-27(2)25(17-9-10-18-25)23(20-13-7-4-8-14-20)26-24(28)22-16-15-21(29-22)19-11-5-3-6-12-19;1-16(2)14(10-6-7-11-14)13(15)12-8-4-3-5-9-12/h3-8,11-16,23H,9-10,17-18H2,1-2H3,(H,26,28);3-5,8-9,13H,6-7,10-11,15H2,1-2H3. The highest BCUT2D eigenvalue weighted by Crippen LogP contribution is 2.44. The maximum atomic E-state index is 13.3. The maximum Gasteiger partial charge on any atom is 0.261 e. The first-order valence-corrected chi connectivity index (χ1v) is 17.2. The van der Waals surface area contributed by atoms with Crippen LogP contribution in [0.1, 0.15) is 84.2 Å². The number of thiophene rings is 1. The molecule has 238 valence electrons. The fourth-order valence-corrected chi connectivity index (χ4v) is 8.48. The van der Waals surface area contributed by atoms with E-state index in [0.717, 1.165) is 28.2 Å². The first kappa shape index (κ1) is 33.1. The van der Waals surface area contributed by atoms with Gasteiger partial charge in [-0.1, -0.05) is 117 Å². The second kappa shape index (κ2) is 14.9. The lowest BCUT2D eigenvalue weighted by Gasteiger charge is -2.43. The predicted molar refractivity (Wildman–Crippen MR) is 190 cm³/mol. The van der Waals surface area contributed by atoms with Gasteiger partial charge in [0.15, 0.2) is 0 Å². The van der Waals surface area contributed by atoms with Gasteiger partial charge in [0.25, 0.3) is 5.91 Å². The van der Waals surface area contributed by atoms with Crippen LogP contribution in [0.25, 0.3) is 10.4 Å². The van der Waals surface area contributed by atoms with Gasteiger partial charge in [0.1, 0.15) is 0 Å². The fraction of sp³-hybridized carbons (Fsp3) is 0.410. The Morgan fingerprint density at radius 1 is 0.667 bits per heavy atom. The second-order valence-electron chi connectivity index (χ2n) is 13.1. The third-order valence-electron chi connectivity index (χ3n) is 10.3. The van der Waals surface area contributed by atoms with Crippen molar-refractivity contribution in [2.75, 3.05) is 28.2 Å². The normalized spacial score (nSPS) is 18.3. The van der Waals surface area contributed by atoms with Gasteiger partial charge in [0.2, 0.25) is 0 Å². The number of amides is 1. The number of nitrogens with two attached hydrogens (primary N) is 1. The van der Waals surface area contributed by atoms with Crippen LogP contribution in [0.5, 0.6) is 0 Å². The summed E-state index contributed by atoms with van der Waals surface area (Å²) in [6.45, 7) is 0. The fourth-order valence-electron chi connectivity index (χ4n) is 7.57. The number of hydrogen-bond donors (Lipinski definition) is 2. The molecule has 3 aromatic carbocycles. The van der Waals surface area contributed by atoms with Gasteiger partial charge in [-0.25, -0.2) is 0 Å². The minimum atomic E-state index is -0.0451. The average molecular weight is 623 g/mol. The van der Waals surface area contributed by atoms with Crippen molar-refractivity contribution in [3.63, 3.8) is 0 Å². The Morgan fingerprint density at radius 3 is 1.64 bits per heavy atom. The molecule has 0 saturated heterocycles. The molecule has 2 fully saturated rings. The molecule has 4 aromatic rings. The Bertz CT molecular complexity index is 1470. The highest BCUT2D eigenvalue weighted by molar-refractivity contribution is 7.17. The molecule has 0 radical (unpaired) electrons. The van der Waals surface area contributed by atoms with Gasteiger partial charge in [-0.15, -0.1) is 11.3 Å². The molecular formula is C39H50N4OS. The summed E-state index contributed by atoms with van der Waals surface area (Å²) in [5, 5.41) is 3.41. The van der Waals surface area contributed by atoms with Gasteiger partial charge in [0.05, 0.1) is 10.9 Å². The van der Waals surface area contributed by atoms with E-state index in [9.17, 15) is 4.79 Å². The second-order valence-corrected chi connectivity index (χ2v) is 14.2. The lowest BCUT2D eigenvalue weighted by molar-refractivity contribution is 0.0769. The minimum absolute atomic E-state index is 0.0131. The number of carbonyl (C=O) groups excluding carboxylic acids is 1. The zero-order chi connectivity index (χ0) is 31.9. The lowest BCUT2D eigenvalue weighted by Crippen LogP contribution is -2.53. The number of likely N-dealkylation sites (N-methyl/N-ethyl adjacent to an activating group) is 2. The molecule has 0 spiro atoms. The SMILES string of the molecule is CN(C)C1(C(N)c2ccccc2)CCCC1.CN(C)C1(C(NC(=O)c2ccc(-c3ccccc3)s2)c2ccccc2)CCCC1. The minimum Gasteiger partial charge on any atom is -0.343 e. The summed E-state index contributed by atoms with van der Waals surface area (Å²) in [7, 11) is 8.61. The number of nitrogens with zero attached hydrogens (tertiary/aromatic N) is 2. The molecule has 3 N–H and O–H groups in total. The Morgan fingerprint density at radius 2 is 1.13 bits per heavy atom. The van der Waals surface area contributed by atoms with E-state index in [2.05, 4.69) is 104 Å². The topological polar surface area (TPSA) is 61.6 Å². The molecule has 2 atom stereocenters. The molecule has 1 heterocycles. The van der Waals surface area contributed by atoms with E-state index in [1.54, 1.807) is 11.3 Å². The number of nitrogens with one attached hydrogen (secondary N) is 1. The third kappa shape index (κ3) is 7.25. The largest absolute Gasteiger partial charge is 0.343 e. The van der Waals surface area contributed by atoms with Crippen molar-refractivity contribution in [1.82, 2.24) is 15.1 Å². The molecule has 1 aromatic heterocycles. The molecule has 6 heteroatoms. The van der Waals surface area contributed by atoms with Crippen LogP contribution < -0.4 is 11.1 Å². The van der Waals surface area contributed by atoms with Crippen LogP contribution >= 0.6 is 11.3 Å². The van der Waals surface area contributed by atoms with Crippen molar-refractivity contribution < 1.29 is 4.79 Å². The predicted octanol–water partition coefficient (Wildman–Crippen LogP) is 8.32. The van der Waals surface area contributed by atoms with Crippen LogP contribution in [0, 0.1) is 0 Å². The first-order valence-electron chi connectivity index (χ1n) is 16.4. The van der Waals surface area contributed by atoms with E-state index >= 15 is 0 Å². The molecule has 45 heavy (non-hydrogen) atoms. The molecule has 2 saturated carbocycles. The van der Waals surface area contributed by atoms with Crippen LogP contribution in [0.15, 0.2) is 103 Å². The molecule has 0 aliphatic heterocycles. The quantitative estimate of drug-likeness (QED) is 0.197. The number of benzene rings is 3. The van der Waals surface area contributed by atoms with Crippen LogP contribution in [0.3, 0.4) is 0 Å². The number of hydrogen-bond acceptors (Lipinski definition) is 5. The van der Waals surface area contributed by atoms with E-state index in [1.807, 2.05) is 42.5 Å². The Hall–Kier alpha value is -3.29. The summed E-state index contributed by atoms with van der Waals surface area (Å²) in [6.07, 6.45) is 9.64. The molecule has 1 amide bonds. The van der Waals surface area contributed by atoms with Crippen molar-refractivity contribution in [3.05, 3.63) is 119 Å². The zero-order valence-electron chi connectivity index (χ0n) is 27.4. The van der Waals surface area contributed by atoms with Crippen LogP contribution in [0.4, 0.5) is 0 Å². The van der Waals surface area contributed by atoms with Crippen molar-refractivity contribution in [2.24, 2.45) is 5.73 Å². The van der Waals surface area contributed by atoms with Crippen molar-refractivity contribution >= 4 is 17.2 Å². The van der Waals surface area contributed by atoms with E-state index in [0.29, 0.717) is 0 Å². The molecular weight excluding hydrogens is 573 g/mol. The number of carbonyl (C=O) groups is 1. The summed E-state index contributed by atoms with van der Waals surface area (Å²) >= 11 is 1.56. The monoisotopic (exact) mass is 622 g/mol. The molecule has 5 nitrogen and oxygen atoms in total. The van der Waals surface area contributed by atoms with Gasteiger partial charge in [0, 0.05) is 22.0 Å². The third-order valence-corrected chi connectivity index (χ3v) is 11.4. The summed E-state index contributed by atoms with van der Waals surface area (Å²) in [6, 6.07) is 35.3. The first-order chi connectivity index (χ1) is 21.8. The van der Waals surface area contributed by atoms with E-state index in [-0.39, 0.29) is 29.1 Å². The van der Waals surface area contributed by atoms with Gasteiger partial charge >= 0.3 is 0 Å². The lowest BCUT2D eigenvalue weighted by atomic mass is 9.82. The molecule has 6 rings (SSSR count). The molecule has 2 aliphatic rings. The highest BCUT2D eigenvalue weighted by Gasteiger charge is 2.45. The number of rotatable bonds is 9. The van der Waals surface area contributed by atoms with Crippen LogP contribution in [0.2, 0.25) is 0 Å². The van der Waals surface area contributed by atoms with Crippen molar-refractivity contribution in [3.8, 4) is 10.4 Å². The molecule has 0 bridgehead atoms. The smallest absolute Gasteiger partial charge is 0.261 e. The Balaban J connectivity index is 0.000000211. The summed E-state index contributed by atoms with van der Waals surface area (Å²) < 4.78 is 0. The molecule has 2 unspecified atom stereocenters. The Kier molecular flexibility index (Phi) is 10.9. The highest BCUT2D eigenvalue weighted by atomic mass is 32.1. The van der Waals surface area contributed by atoms with Gasteiger partial charge in [-0.2, -0.15) is 0 Å². The van der Waals surface area contributed by atoms with Crippen molar-refractivity contribution in [2.45, 2.75) is 74.5 Å². The van der Waals surface area contributed by atoms with Gasteiger partial charge < -0.3 is 20.9 Å². The van der Waals surface area contributed by atoms with E-state index < -0.39 is 0 Å². The average Bonchev–Trinajstić information content (AvgIpc) is 3.87. The van der Waals surface area contributed by atoms with Gasteiger partial charge in [-0.3, -0.25) is 4.79 Å². The summed E-state index contributed by atoms with van der Waals surface area (Å²) in [5.74, 6) is 0.0131. The van der Waals surface area contributed by atoms with Gasteiger partial charge in [-0.05, 0) is 82.7 Å². The Labute approximate surface area is 274 Å². The van der Waals surface area contributed by atoms with E-state index in [4.69, 9.17) is 5.73 Å². The maximum absolute atomic E-state index is 13.3. The van der Waals surface area contributed by atoms with Crippen LogP contribution in [-0.4, -0.2) is 55.0 Å². The zero-order valence-corrected chi connectivity index (χ0v) is 28.2. The molecule has 2 aliphatic carbocycles.